The van der Waals surface area contributed by atoms with E-state index >= 15 is 0 Å². The van der Waals surface area contributed by atoms with Crippen LogP contribution < -0.4 is 31.1 Å². The van der Waals surface area contributed by atoms with Gasteiger partial charge in [-0.3, -0.25) is 0 Å². The minimum absolute atomic E-state index is 0.0262. The van der Waals surface area contributed by atoms with Gasteiger partial charge in [0.1, 0.15) is 5.66 Å². The largest absolute Gasteiger partial charge is 0.342 e. The number of hydrogen-bond acceptors (Lipinski definition) is 3. The van der Waals surface area contributed by atoms with E-state index in [0.717, 1.165) is 6.54 Å². The van der Waals surface area contributed by atoms with Gasteiger partial charge in [-0.25, -0.2) is 0 Å². The Morgan fingerprint density at radius 1 is 0.705 bits per heavy atom. The predicted octanol–water partition coefficient (Wildman–Crippen LogP) is 8.53. The summed E-state index contributed by atoms with van der Waals surface area (Å²) in [6, 6.07) is 30.4. The minimum atomic E-state index is -0.288. The van der Waals surface area contributed by atoms with Gasteiger partial charge in [0, 0.05) is 29.3 Å². The van der Waals surface area contributed by atoms with Crippen LogP contribution in [0.25, 0.3) is 0 Å². The number of fused-ring (bicyclic) bond motifs is 4. The molecule has 1 aliphatic carbocycles. The van der Waals surface area contributed by atoms with E-state index in [9.17, 15) is 0 Å². The van der Waals surface area contributed by atoms with Crippen molar-refractivity contribution >= 4 is 57.2 Å². The van der Waals surface area contributed by atoms with Crippen LogP contribution in [-0.2, 0) is 10.8 Å². The summed E-state index contributed by atoms with van der Waals surface area (Å²) in [6.45, 7) is 18.0. The highest BCUT2D eigenvalue weighted by atomic mass is 15.5. The summed E-state index contributed by atoms with van der Waals surface area (Å²) in [7, 11) is 0. The molecule has 3 aliphatic heterocycles. The van der Waals surface area contributed by atoms with Gasteiger partial charge in [0.25, 0.3) is 6.71 Å². The maximum atomic E-state index is 2.70. The van der Waals surface area contributed by atoms with Gasteiger partial charge in [0.2, 0.25) is 0 Å². The first kappa shape index (κ1) is 27.9. The average molecular weight is 580 g/mol. The van der Waals surface area contributed by atoms with Gasteiger partial charge in [-0.1, -0.05) is 95.5 Å². The van der Waals surface area contributed by atoms with Gasteiger partial charge in [-0.05, 0) is 102 Å². The van der Waals surface area contributed by atoms with Crippen LogP contribution in [0, 0.1) is 0 Å². The first-order chi connectivity index (χ1) is 21.1. The Morgan fingerprint density at radius 3 is 2.05 bits per heavy atom. The lowest BCUT2D eigenvalue weighted by atomic mass is 9.33. The molecule has 0 N–H and O–H groups in total. The molecule has 3 nitrogen and oxygen atoms in total. The van der Waals surface area contributed by atoms with Crippen LogP contribution in [-0.4, -0.2) is 18.9 Å². The fourth-order valence-corrected chi connectivity index (χ4v) is 9.19. The third-order valence-corrected chi connectivity index (χ3v) is 11.3. The summed E-state index contributed by atoms with van der Waals surface area (Å²) < 4.78 is 0. The van der Waals surface area contributed by atoms with Crippen LogP contribution in [0.2, 0.25) is 0 Å². The quantitative estimate of drug-likeness (QED) is 0.225. The molecule has 0 unspecified atom stereocenters. The van der Waals surface area contributed by atoms with Crippen LogP contribution in [0.5, 0.6) is 0 Å². The van der Waals surface area contributed by atoms with Crippen molar-refractivity contribution in [2.75, 3.05) is 21.2 Å². The molecule has 224 valence electrons. The van der Waals surface area contributed by atoms with Crippen molar-refractivity contribution in [2.24, 2.45) is 0 Å². The topological polar surface area (TPSA) is 9.72 Å². The molecule has 1 fully saturated rings. The highest BCUT2D eigenvalue weighted by Gasteiger charge is 2.53. The van der Waals surface area contributed by atoms with E-state index in [-0.39, 0.29) is 23.2 Å². The molecule has 3 heterocycles. The lowest BCUT2D eigenvalue weighted by Crippen LogP contribution is -2.64. The normalized spacial score (nSPS) is 19.1. The first-order valence-corrected chi connectivity index (χ1v) is 16.9. The molecular formula is C40H46BN3. The SMILES string of the molecule is CCN1c2cc(C(C)(C)C)cc3c2B(c2cccc(C4(C)CCCCC4)c21)c1cccc2c1N3C(C)(C)N2c1ccccc1. The second-order valence-electron chi connectivity index (χ2n) is 15.4. The zero-order valence-corrected chi connectivity index (χ0v) is 27.7. The fourth-order valence-electron chi connectivity index (χ4n) is 9.19. The van der Waals surface area contributed by atoms with E-state index in [0.29, 0.717) is 0 Å². The Hall–Kier alpha value is -3.66. The lowest BCUT2D eigenvalue weighted by Gasteiger charge is -2.49. The van der Waals surface area contributed by atoms with E-state index in [1.807, 2.05) is 0 Å². The Bertz CT molecular complexity index is 1780. The van der Waals surface area contributed by atoms with Gasteiger partial charge in [0.15, 0.2) is 0 Å². The van der Waals surface area contributed by atoms with Gasteiger partial charge < -0.3 is 14.7 Å². The highest BCUT2D eigenvalue weighted by Crippen LogP contribution is 2.55. The number of benzene rings is 4. The first-order valence-electron chi connectivity index (χ1n) is 16.9. The summed E-state index contributed by atoms with van der Waals surface area (Å²) in [5, 5.41) is 0. The fraction of sp³-hybridized carbons (Fsp3) is 0.400. The number of rotatable bonds is 3. The van der Waals surface area contributed by atoms with Crippen molar-refractivity contribution < 1.29 is 0 Å². The minimum Gasteiger partial charge on any atom is -0.342 e. The van der Waals surface area contributed by atoms with Crippen molar-refractivity contribution in [2.45, 2.75) is 97.1 Å². The van der Waals surface area contributed by atoms with Gasteiger partial charge >= 0.3 is 0 Å². The zero-order chi connectivity index (χ0) is 30.6. The van der Waals surface area contributed by atoms with Crippen molar-refractivity contribution in [3.8, 4) is 0 Å². The van der Waals surface area contributed by atoms with E-state index in [1.165, 1.54) is 88.2 Å². The number of hydrogen-bond donors (Lipinski definition) is 0. The Morgan fingerprint density at radius 2 is 1.36 bits per heavy atom. The zero-order valence-electron chi connectivity index (χ0n) is 27.7. The summed E-state index contributed by atoms with van der Waals surface area (Å²) in [5.41, 5.74) is 15.5. The Balaban J connectivity index is 1.47. The van der Waals surface area contributed by atoms with E-state index in [2.05, 4.69) is 142 Å². The van der Waals surface area contributed by atoms with Gasteiger partial charge in [-0.2, -0.15) is 0 Å². The molecule has 0 spiro atoms. The average Bonchev–Trinajstić information content (AvgIpc) is 3.25. The van der Waals surface area contributed by atoms with Crippen LogP contribution in [0.1, 0.15) is 91.7 Å². The summed E-state index contributed by atoms with van der Waals surface area (Å²) in [6.07, 6.45) is 6.58. The molecule has 1 saturated carbocycles. The molecule has 8 rings (SSSR count). The molecule has 0 amide bonds. The van der Waals surface area contributed by atoms with Gasteiger partial charge in [-0.15, -0.1) is 0 Å². The van der Waals surface area contributed by atoms with Crippen LogP contribution >= 0.6 is 0 Å². The maximum absolute atomic E-state index is 2.70. The van der Waals surface area contributed by atoms with Crippen molar-refractivity contribution in [3.05, 3.63) is 90.0 Å². The van der Waals surface area contributed by atoms with Crippen molar-refractivity contribution in [1.82, 2.24) is 0 Å². The summed E-state index contributed by atoms with van der Waals surface area (Å²) >= 11 is 0. The standard InChI is InChI=1S/C40H46BN3/c1-8-42-33-25-27(38(2,3)4)26-34-35(33)41(30-20-15-19-29(36(30)42)40(7)23-13-10-14-24-40)31-21-16-22-32-37(31)44(34)39(5,6)43(32)28-17-11-9-12-18-28/h9,11-12,15-22,25-26H,8,10,13-14,23-24H2,1-7H3. The molecule has 0 radical (unpaired) electrons. The van der Waals surface area contributed by atoms with Crippen molar-refractivity contribution in [1.29, 1.82) is 0 Å². The Labute approximate surface area is 265 Å². The molecular weight excluding hydrogens is 533 g/mol. The lowest BCUT2D eigenvalue weighted by molar-refractivity contribution is 0.320. The van der Waals surface area contributed by atoms with Crippen LogP contribution in [0.15, 0.2) is 78.9 Å². The predicted molar refractivity (Wildman–Crippen MR) is 191 cm³/mol. The molecule has 44 heavy (non-hydrogen) atoms. The number of para-hydroxylation sites is 3. The number of nitrogens with zero attached hydrogens (tertiary/aromatic N) is 3. The third kappa shape index (κ3) is 3.69. The van der Waals surface area contributed by atoms with E-state index < -0.39 is 0 Å². The molecule has 0 aromatic heterocycles. The molecule has 0 saturated heterocycles. The molecule has 4 aromatic carbocycles. The monoisotopic (exact) mass is 579 g/mol. The van der Waals surface area contributed by atoms with Crippen LogP contribution in [0.3, 0.4) is 0 Å². The number of anilines is 6. The maximum Gasteiger partial charge on any atom is 0.252 e. The summed E-state index contributed by atoms with van der Waals surface area (Å²) in [5.74, 6) is 0. The second kappa shape index (κ2) is 9.43. The molecule has 0 bridgehead atoms. The molecule has 0 atom stereocenters. The second-order valence-corrected chi connectivity index (χ2v) is 15.4. The smallest absolute Gasteiger partial charge is 0.252 e. The van der Waals surface area contributed by atoms with Gasteiger partial charge in [0.05, 0.1) is 11.4 Å². The van der Waals surface area contributed by atoms with Crippen molar-refractivity contribution in [3.63, 3.8) is 0 Å². The Kier molecular flexibility index (Phi) is 5.97. The third-order valence-electron chi connectivity index (χ3n) is 11.3. The highest BCUT2D eigenvalue weighted by molar-refractivity contribution is 7.00. The molecule has 4 aliphatic rings. The molecule has 4 heteroatoms. The van der Waals surface area contributed by atoms with E-state index in [1.54, 1.807) is 5.56 Å². The van der Waals surface area contributed by atoms with Crippen LogP contribution in [0.4, 0.5) is 34.1 Å². The van der Waals surface area contributed by atoms with E-state index in [4.69, 9.17) is 0 Å². The molecule has 4 aromatic rings. The summed E-state index contributed by atoms with van der Waals surface area (Å²) in [4.78, 5) is 7.94.